The molecule has 2 aromatic carbocycles. The van der Waals surface area contributed by atoms with Gasteiger partial charge in [0.1, 0.15) is 10.9 Å². The number of nitrogens with two attached hydrogens (primary N) is 1. The smallest absolute Gasteiger partial charge is 0.261 e. The molecule has 8 heteroatoms. The van der Waals surface area contributed by atoms with E-state index >= 15 is 0 Å². The normalized spacial score (nSPS) is 12.2. The molecule has 0 aliphatic heterocycles. The maximum absolute atomic E-state index is 13.1. The summed E-state index contributed by atoms with van der Waals surface area (Å²) >= 11 is 6.11. The van der Waals surface area contributed by atoms with Gasteiger partial charge < -0.3 is 10.5 Å². The molecule has 0 fully saturated rings. The minimum atomic E-state index is -0.345. The number of aromatic nitrogens is 4. The monoisotopic (exact) mass is 395 g/mol. The summed E-state index contributed by atoms with van der Waals surface area (Å²) < 4.78 is 6.84. The van der Waals surface area contributed by atoms with Crippen LogP contribution in [0.3, 0.4) is 0 Å². The highest BCUT2D eigenvalue weighted by Crippen LogP contribution is 2.27. The van der Waals surface area contributed by atoms with E-state index in [2.05, 4.69) is 15.2 Å². The number of nitrogens with one attached hydrogen (secondary N) is 1. The number of ether oxygens (including phenoxy) is 1. The Morgan fingerprint density at radius 2 is 2.14 bits per heavy atom. The second-order valence-corrected chi connectivity index (χ2v) is 6.69. The lowest BCUT2D eigenvalue weighted by Gasteiger charge is -2.19. The lowest BCUT2D eigenvalue weighted by molar-refractivity contribution is 0.413. The van der Waals surface area contributed by atoms with Gasteiger partial charge in [0.15, 0.2) is 0 Å². The van der Waals surface area contributed by atoms with E-state index in [1.807, 2.05) is 36.4 Å². The molecule has 1 atom stereocenters. The van der Waals surface area contributed by atoms with E-state index in [0.29, 0.717) is 21.8 Å². The zero-order chi connectivity index (χ0) is 19.7. The molecule has 0 aliphatic carbocycles. The van der Waals surface area contributed by atoms with Gasteiger partial charge in [-0.25, -0.2) is 4.98 Å². The first-order valence-corrected chi connectivity index (χ1v) is 9.04. The first kappa shape index (κ1) is 18.2. The Labute approximate surface area is 165 Å². The van der Waals surface area contributed by atoms with Gasteiger partial charge in [-0.2, -0.15) is 5.10 Å². The van der Waals surface area contributed by atoms with E-state index in [4.69, 9.17) is 22.1 Å². The first-order chi connectivity index (χ1) is 13.6. The highest BCUT2D eigenvalue weighted by atomic mass is 35.5. The number of nitrogens with zero attached hydrogens (tertiary/aromatic N) is 3. The van der Waals surface area contributed by atoms with Crippen LogP contribution in [-0.4, -0.2) is 33.4 Å². The summed E-state index contributed by atoms with van der Waals surface area (Å²) in [5, 5.41) is 7.56. The maximum atomic E-state index is 13.1. The van der Waals surface area contributed by atoms with Crippen molar-refractivity contribution >= 4 is 22.5 Å². The summed E-state index contributed by atoms with van der Waals surface area (Å²) in [5.74, 6) is 0.708. The average Bonchev–Trinajstić information content (AvgIpc) is 3.16. The molecule has 0 saturated heterocycles. The fourth-order valence-electron chi connectivity index (χ4n) is 3.26. The maximum Gasteiger partial charge on any atom is 0.261 e. The predicted octanol–water partition coefficient (Wildman–Crippen LogP) is 3.00. The van der Waals surface area contributed by atoms with Crippen LogP contribution in [0, 0.1) is 0 Å². The molecule has 7 nitrogen and oxygen atoms in total. The van der Waals surface area contributed by atoms with Gasteiger partial charge in [-0.3, -0.25) is 14.5 Å². The van der Waals surface area contributed by atoms with Gasteiger partial charge in [0.05, 0.1) is 36.6 Å². The molecular weight excluding hydrogens is 378 g/mol. The Balaban J connectivity index is 1.81. The van der Waals surface area contributed by atoms with Crippen LogP contribution in [0.15, 0.2) is 59.8 Å². The fourth-order valence-corrected chi connectivity index (χ4v) is 3.46. The number of rotatable bonds is 5. The van der Waals surface area contributed by atoms with Gasteiger partial charge in [0.25, 0.3) is 5.56 Å². The number of hydrogen-bond acceptors (Lipinski definition) is 5. The van der Waals surface area contributed by atoms with E-state index in [-0.39, 0.29) is 18.1 Å². The van der Waals surface area contributed by atoms with Crippen LogP contribution >= 0.6 is 11.6 Å². The SMILES string of the molecule is COc1cccc(C(CN)n2cnc3cc(-c4cn[nH]c4Cl)ccc3c2=O)c1. The minimum absolute atomic E-state index is 0.159. The Morgan fingerprint density at radius 3 is 2.86 bits per heavy atom. The lowest BCUT2D eigenvalue weighted by atomic mass is 10.1. The van der Waals surface area contributed by atoms with Gasteiger partial charge in [-0.1, -0.05) is 29.8 Å². The molecule has 142 valence electrons. The molecule has 0 amide bonds. The summed E-state index contributed by atoms with van der Waals surface area (Å²) in [7, 11) is 1.60. The zero-order valence-electron chi connectivity index (χ0n) is 15.1. The number of benzene rings is 2. The van der Waals surface area contributed by atoms with E-state index in [0.717, 1.165) is 16.7 Å². The zero-order valence-corrected chi connectivity index (χ0v) is 15.8. The second-order valence-electron chi connectivity index (χ2n) is 6.31. The van der Waals surface area contributed by atoms with Gasteiger partial charge in [0, 0.05) is 12.1 Å². The topological polar surface area (TPSA) is 98.8 Å². The lowest BCUT2D eigenvalue weighted by Crippen LogP contribution is -2.30. The van der Waals surface area contributed by atoms with E-state index < -0.39 is 0 Å². The number of hydrogen-bond donors (Lipinski definition) is 2. The van der Waals surface area contributed by atoms with E-state index in [9.17, 15) is 4.79 Å². The van der Waals surface area contributed by atoms with Crippen molar-refractivity contribution in [2.45, 2.75) is 6.04 Å². The van der Waals surface area contributed by atoms with Crippen molar-refractivity contribution in [2.75, 3.05) is 13.7 Å². The Morgan fingerprint density at radius 1 is 1.29 bits per heavy atom. The summed E-state index contributed by atoms with van der Waals surface area (Å²) in [5.41, 5.74) is 8.88. The molecule has 0 bridgehead atoms. The highest BCUT2D eigenvalue weighted by molar-refractivity contribution is 6.32. The van der Waals surface area contributed by atoms with E-state index in [1.165, 1.54) is 6.33 Å². The number of aromatic amines is 1. The quantitative estimate of drug-likeness (QED) is 0.541. The molecule has 4 rings (SSSR count). The van der Waals surface area contributed by atoms with Crippen LogP contribution in [-0.2, 0) is 0 Å². The molecular formula is C20H18ClN5O2. The molecule has 0 saturated carbocycles. The molecule has 4 aromatic rings. The third-order valence-electron chi connectivity index (χ3n) is 4.73. The number of H-pyrrole nitrogens is 1. The van der Waals surface area contributed by atoms with Crippen molar-refractivity contribution in [3.63, 3.8) is 0 Å². The van der Waals surface area contributed by atoms with Gasteiger partial charge in [-0.15, -0.1) is 0 Å². The van der Waals surface area contributed by atoms with Crippen molar-refractivity contribution in [3.05, 3.63) is 76.1 Å². The molecule has 2 heterocycles. The number of methoxy groups -OCH3 is 1. The summed E-state index contributed by atoms with van der Waals surface area (Å²) in [4.78, 5) is 17.6. The Kier molecular flexibility index (Phi) is 4.85. The minimum Gasteiger partial charge on any atom is -0.497 e. The highest BCUT2D eigenvalue weighted by Gasteiger charge is 2.17. The van der Waals surface area contributed by atoms with Crippen molar-refractivity contribution in [1.82, 2.24) is 19.7 Å². The second kappa shape index (κ2) is 7.46. The van der Waals surface area contributed by atoms with Crippen molar-refractivity contribution in [2.24, 2.45) is 5.73 Å². The number of halogens is 1. The third-order valence-corrected chi connectivity index (χ3v) is 5.01. The van der Waals surface area contributed by atoms with Crippen molar-refractivity contribution in [3.8, 4) is 16.9 Å². The van der Waals surface area contributed by atoms with Crippen LogP contribution in [0.25, 0.3) is 22.0 Å². The molecule has 0 radical (unpaired) electrons. The van der Waals surface area contributed by atoms with Crippen LogP contribution in [0.5, 0.6) is 5.75 Å². The van der Waals surface area contributed by atoms with Gasteiger partial charge in [0.2, 0.25) is 0 Å². The molecule has 2 aromatic heterocycles. The molecule has 0 aliphatic rings. The first-order valence-electron chi connectivity index (χ1n) is 8.66. The standard InChI is InChI=1S/C20H18ClN5O2/c1-28-14-4-2-3-13(7-14)18(9-22)26-11-23-17-8-12(5-6-15(17)20(26)27)16-10-24-25-19(16)21/h2-8,10-11,18H,9,22H2,1H3,(H,24,25). The molecule has 3 N–H and O–H groups in total. The Hall–Kier alpha value is -3.16. The largest absolute Gasteiger partial charge is 0.497 e. The molecule has 0 spiro atoms. The molecule has 28 heavy (non-hydrogen) atoms. The van der Waals surface area contributed by atoms with Crippen molar-refractivity contribution in [1.29, 1.82) is 0 Å². The van der Waals surface area contributed by atoms with Crippen LogP contribution < -0.4 is 16.0 Å². The van der Waals surface area contributed by atoms with Gasteiger partial charge in [-0.05, 0) is 35.4 Å². The third kappa shape index (κ3) is 3.15. The predicted molar refractivity (Wildman–Crippen MR) is 109 cm³/mol. The van der Waals surface area contributed by atoms with E-state index in [1.54, 1.807) is 23.9 Å². The van der Waals surface area contributed by atoms with Crippen LogP contribution in [0.2, 0.25) is 5.15 Å². The van der Waals surface area contributed by atoms with Crippen LogP contribution in [0.1, 0.15) is 11.6 Å². The molecule has 1 unspecified atom stereocenters. The number of fused-ring (bicyclic) bond motifs is 1. The Bertz CT molecular complexity index is 1200. The van der Waals surface area contributed by atoms with Crippen LogP contribution in [0.4, 0.5) is 0 Å². The summed E-state index contributed by atoms with van der Waals surface area (Å²) in [6, 6.07) is 12.6. The average molecular weight is 396 g/mol. The van der Waals surface area contributed by atoms with Crippen molar-refractivity contribution < 1.29 is 4.74 Å². The fraction of sp³-hybridized carbons (Fsp3) is 0.150. The summed E-state index contributed by atoms with van der Waals surface area (Å²) in [6.07, 6.45) is 3.17. The van der Waals surface area contributed by atoms with Gasteiger partial charge >= 0.3 is 0 Å². The summed E-state index contributed by atoms with van der Waals surface area (Å²) in [6.45, 7) is 0.253.